The minimum atomic E-state index is -0.896. The first-order valence-corrected chi connectivity index (χ1v) is 8.99. The van der Waals surface area contributed by atoms with Crippen molar-refractivity contribution in [3.63, 3.8) is 0 Å². The molecule has 0 bridgehead atoms. The summed E-state index contributed by atoms with van der Waals surface area (Å²) in [7, 11) is 1.31. The Balaban J connectivity index is 2.02. The van der Waals surface area contributed by atoms with E-state index in [1.807, 2.05) is 18.2 Å². The Morgan fingerprint density at radius 3 is 2.74 bits per heavy atom. The number of amides is 1. The van der Waals surface area contributed by atoms with Crippen LogP contribution < -0.4 is 10.6 Å². The molecule has 0 saturated heterocycles. The number of halogens is 2. The van der Waals surface area contributed by atoms with Crippen molar-refractivity contribution in [3.8, 4) is 0 Å². The van der Waals surface area contributed by atoms with Crippen molar-refractivity contribution >= 4 is 46.5 Å². The Hall–Kier alpha value is -2.41. The molecule has 0 fully saturated rings. The summed E-state index contributed by atoms with van der Waals surface area (Å²) >= 11 is 12.5. The Morgan fingerprint density at radius 1 is 1.22 bits per heavy atom. The topological polar surface area (TPSA) is 79.8 Å². The molecular formula is C19H17Cl2N3O3. The van der Waals surface area contributed by atoms with Crippen LogP contribution in [0.25, 0.3) is 0 Å². The van der Waals surface area contributed by atoms with Crippen molar-refractivity contribution in [2.75, 3.05) is 19.0 Å². The molecule has 1 aliphatic rings. The fourth-order valence-electron chi connectivity index (χ4n) is 2.70. The minimum absolute atomic E-state index is 0.121. The van der Waals surface area contributed by atoms with E-state index in [0.717, 1.165) is 0 Å². The Morgan fingerprint density at radius 2 is 2.00 bits per heavy atom. The average Bonchev–Trinajstić information content (AvgIpc) is 2.79. The highest BCUT2D eigenvalue weighted by Gasteiger charge is 2.26. The van der Waals surface area contributed by atoms with Crippen LogP contribution in [0.5, 0.6) is 0 Å². The lowest BCUT2D eigenvalue weighted by atomic mass is 10.0. The zero-order valence-corrected chi connectivity index (χ0v) is 16.0. The molecule has 2 aromatic carbocycles. The first-order valence-electron chi connectivity index (χ1n) is 8.23. The number of esters is 1. The molecule has 2 aromatic rings. The van der Waals surface area contributed by atoms with Crippen molar-refractivity contribution in [2.24, 2.45) is 4.99 Å². The number of anilines is 1. The van der Waals surface area contributed by atoms with E-state index in [-0.39, 0.29) is 24.8 Å². The number of aliphatic imine (C=N–C) groups is 1. The second-order valence-corrected chi connectivity index (χ2v) is 6.66. The molecule has 1 amide bonds. The lowest BCUT2D eigenvalue weighted by Gasteiger charge is -2.13. The number of nitrogens with zero attached hydrogens (tertiary/aromatic N) is 1. The lowest BCUT2D eigenvalue weighted by molar-refractivity contribution is -0.140. The van der Waals surface area contributed by atoms with Crippen LogP contribution in [0.1, 0.15) is 17.5 Å². The van der Waals surface area contributed by atoms with Crippen LogP contribution in [0.3, 0.4) is 0 Å². The van der Waals surface area contributed by atoms with E-state index in [9.17, 15) is 9.59 Å². The summed E-state index contributed by atoms with van der Waals surface area (Å²) in [6, 6.07) is 12.4. The van der Waals surface area contributed by atoms with Gasteiger partial charge in [-0.1, -0.05) is 41.4 Å². The zero-order chi connectivity index (χ0) is 19.4. The second kappa shape index (κ2) is 8.52. The summed E-state index contributed by atoms with van der Waals surface area (Å²) in [6.45, 7) is 0.237. The van der Waals surface area contributed by atoms with Crippen molar-refractivity contribution < 1.29 is 14.3 Å². The van der Waals surface area contributed by atoms with Crippen LogP contribution in [-0.2, 0) is 14.3 Å². The molecule has 6 nitrogen and oxygen atoms in total. The third kappa shape index (κ3) is 4.47. The fourth-order valence-corrected chi connectivity index (χ4v) is 3.10. The first kappa shape index (κ1) is 19.4. The van der Waals surface area contributed by atoms with Crippen molar-refractivity contribution in [2.45, 2.75) is 12.6 Å². The van der Waals surface area contributed by atoms with Crippen LogP contribution in [0.15, 0.2) is 47.5 Å². The number of fused-ring (bicyclic) bond motifs is 1. The predicted octanol–water partition coefficient (Wildman–Crippen LogP) is 3.26. The molecule has 0 saturated carbocycles. The summed E-state index contributed by atoms with van der Waals surface area (Å²) in [6.07, 6.45) is -0.775. The predicted molar refractivity (Wildman–Crippen MR) is 106 cm³/mol. The van der Waals surface area contributed by atoms with E-state index in [2.05, 4.69) is 20.4 Å². The second-order valence-electron chi connectivity index (χ2n) is 5.82. The van der Waals surface area contributed by atoms with Gasteiger partial charge >= 0.3 is 5.97 Å². The van der Waals surface area contributed by atoms with Gasteiger partial charge in [0.05, 0.1) is 24.9 Å². The van der Waals surface area contributed by atoms with Gasteiger partial charge in [0, 0.05) is 27.7 Å². The molecule has 1 aliphatic heterocycles. The van der Waals surface area contributed by atoms with E-state index in [1.165, 1.54) is 7.11 Å². The van der Waals surface area contributed by atoms with Crippen LogP contribution in [-0.4, -0.2) is 37.4 Å². The van der Waals surface area contributed by atoms with Gasteiger partial charge in [-0.3, -0.25) is 19.9 Å². The van der Waals surface area contributed by atoms with E-state index >= 15 is 0 Å². The minimum Gasteiger partial charge on any atom is -0.469 e. The maximum atomic E-state index is 12.6. The number of hydrogen-bond acceptors (Lipinski definition) is 5. The number of hydrogen-bond donors (Lipinski definition) is 2. The number of nitrogens with one attached hydrogen (secondary N) is 2. The van der Waals surface area contributed by atoms with Crippen molar-refractivity contribution in [3.05, 3.63) is 63.6 Å². The molecule has 27 heavy (non-hydrogen) atoms. The monoisotopic (exact) mass is 405 g/mol. The molecule has 3 rings (SSSR count). The van der Waals surface area contributed by atoms with Gasteiger partial charge in [0.2, 0.25) is 0 Å². The number of carbonyl (C=O) groups is 2. The highest BCUT2D eigenvalue weighted by atomic mass is 35.5. The highest BCUT2D eigenvalue weighted by Crippen LogP contribution is 2.29. The van der Waals surface area contributed by atoms with E-state index < -0.39 is 6.17 Å². The third-order valence-electron chi connectivity index (χ3n) is 4.02. The van der Waals surface area contributed by atoms with Gasteiger partial charge in [-0.15, -0.1) is 0 Å². The molecule has 1 atom stereocenters. The lowest BCUT2D eigenvalue weighted by Crippen LogP contribution is -2.39. The van der Waals surface area contributed by atoms with Crippen molar-refractivity contribution in [1.82, 2.24) is 5.32 Å². The number of benzene rings is 2. The van der Waals surface area contributed by atoms with Gasteiger partial charge in [0.25, 0.3) is 5.91 Å². The summed E-state index contributed by atoms with van der Waals surface area (Å²) in [5, 5.41) is 6.82. The normalized spacial score (nSPS) is 16.0. The number of carbonyl (C=O) groups excluding carboxylic acids is 2. The van der Waals surface area contributed by atoms with E-state index in [0.29, 0.717) is 32.6 Å². The van der Waals surface area contributed by atoms with E-state index in [4.69, 9.17) is 23.2 Å². The quantitative estimate of drug-likeness (QED) is 0.748. The third-order valence-corrected chi connectivity index (χ3v) is 4.59. The van der Waals surface area contributed by atoms with E-state index in [1.54, 1.807) is 24.3 Å². The number of methoxy groups -OCH3 is 1. The van der Waals surface area contributed by atoms with Crippen LogP contribution in [0, 0.1) is 0 Å². The molecule has 0 radical (unpaired) electrons. The summed E-state index contributed by atoms with van der Waals surface area (Å²) in [5.74, 6) is -0.715. The Labute approximate surface area is 166 Å². The number of ether oxygens (including phenoxy) is 1. The maximum Gasteiger partial charge on any atom is 0.306 e. The Kier molecular flexibility index (Phi) is 6.11. The fraction of sp³-hybridized carbons (Fsp3) is 0.211. The molecule has 0 aromatic heterocycles. The SMILES string of the molecule is COC(=O)CCN[C@H]1N=C(c2ccccc2Cl)c2cc(Cl)ccc2NC1=O. The van der Waals surface area contributed by atoms with Crippen LogP contribution >= 0.6 is 23.2 Å². The molecule has 0 aliphatic carbocycles. The zero-order valence-electron chi connectivity index (χ0n) is 14.5. The van der Waals surface area contributed by atoms with Gasteiger partial charge in [-0.2, -0.15) is 0 Å². The molecule has 0 spiro atoms. The molecule has 0 unspecified atom stereocenters. The highest BCUT2D eigenvalue weighted by molar-refractivity contribution is 6.37. The van der Waals surface area contributed by atoms with Gasteiger partial charge in [-0.05, 0) is 24.3 Å². The van der Waals surface area contributed by atoms with Gasteiger partial charge in [0.15, 0.2) is 6.17 Å². The standard InChI is InChI=1S/C19H17Cl2N3O3/c1-27-16(25)8-9-22-18-19(26)23-15-7-6-11(20)10-13(15)17(24-18)12-4-2-3-5-14(12)21/h2-7,10,18,22H,8-9H2,1H3,(H,23,26)/t18-/m0/s1. The molecule has 2 N–H and O–H groups in total. The summed E-state index contributed by atoms with van der Waals surface area (Å²) < 4.78 is 4.61. The Bertz CT molecular complexity index is 915. The molecule has 140 valence electrons. The summed E-state index contributed by atoms with van der Waals surface area (Å²) in [4.78, 5) is 28.5. The summed E-state index contributed by atoms with van der Waals surface area (Å²) in [5.41, 5.74) is 2.47. The van der Waals surface area contributed by atoms with Gasteiger partial charge < -0.3 is 10.1 Å². The molecule has 8 heteroatoms. The average molecular weight is 406 g/mol. The molecular weight excluding hydrogens is 389 g/mol. The largest absolute Gasteiger partial charge is 0.469 e. The smallest absolute Gasteiger partial charge is 0.306 e. The van der Waals surface area contributed by atoms with Crippen molar-refractivity contribution in [1.29, 1.82) is 0 Å². The van der Waals surface area contributed by atoms with Crippen LogP contribution in [0.4, 0.5) is 5.69 Å². The number of benzodiazepines with no additional fused rings is 1. The first-order chi connectivity index (χ1) is 13.0. The number of rotatable bonds is 5. The molecule has 1 heterocycles. The van der Waals surface area contributed by atoms with Gasteiger partial charge in [0.1, 0.15) is 0 Å². The van der Waals surface area contributed by atoms with Crippen LogP contribution in [0.2, 0.25) is 10.0 Å². The van der Waals surface area contributed by atoms with Gasteiger partial charge in [-0.25, -0.2) is 0 Å². The maximum absolute atomic E-state index is 12.6.